The lowest BCUT2D eigenvalue weighted by atomic mass is 10.1. The first kappa shape index (κ1) is 23.0. The summed E-state index contributed by atoms with van der Waals surface area (Å²) in [5.74, 6) is 0.472. The molecule has 0 radical (unpaired) electrons. The summed E-state index contributed by atoms with van der Waals surface area (Å²) in [7, 11) is -3.99. The molecule has 3 aromatic rings. The Labute approximate surface area is 192 Å². The van der Waals surface area contributed by atoms with Gasteiger partial charge in [-0.1, -0.05) is 60.1 Å². The third-order valence-corrected chi connectivity index (χ3v) is 7.83. The second-order valence-electron chi connectivity index (χ2n) is 6.89. The molecule has 7 heteroatoms. The molecule has 158 valence electrons. The zero-order valence-electron chi connectivity index (χ0n) is 17.1. The lowest BCUT2D eigenvalue weighted by molar-refractivity contribution is 0.603. The van der Waals surface area contributed by atoms with Gasteiger partial charge in [-0.05, 0) is 54.8 Å². The van der Waals surface area contributed by atoms with Crippen LogP contribution in [-0.2, 0) is 15.6 Å². The van der Waals surface area contributed by atoms with Gasteiger partial charge in [0.2, 0.25) is 9.84 Å². The maximum Gasteiger partial charge on any atom is 0.219 e. The van der Waals surface area contributed by atoms with Crippen LogP contribution in [0.15, 0.2) is 87.6 Å². The number of nitriles is 1. The lowest BCUT2D eigenvalue weighted by Gasteiger charge is -2.17. The molecular weight excluding hydrogens is 448 g/mol. The molecule has 0 amide bonds. The number of nitrogens with one attached hydrogen (secondary N) is 1. The molecule has 4 nitrogen and oxygen atoms in total. The number of rotatable bonds is 7. The Bertz CT molecular complexity index is 1230. The fraction of sp³-hybridized carbons (Fsp3) is 0.125. The van der Waals surface area contributed by atoms with Crippen LogP contribution in [0.2, 0.25) is 5.02 Å². The van der Waals surface area contributed by atoms with Crippen molar-refractivity contribution < 1.29 is 8.42 Å². The second kappa shape index (κ2) is 10.1. The molecule has 0 aliphatic heterocycles. The van der Waals surface area contributed by atoms with Gasteiger partial charge in [-0.25, -0.2) is 8.42 Å². The molecular formula is C24H21ClN2O2S2. The van der Waals surface area contributed by atoms with Crippen molar-refractivity contribution in [3.63, 3.8) is 0 Å². The highest BCUT2D eigenvalue weighted by Crippen LogP contribution is 2.33. The molecule has 0 spiro atoms. The number of hydrogen-bond acceptors (Lipinski definition) is 5. The van der Waals surface area contributed by atoms with Crippen molar-refractivity contribution in [3.8, 4) is 6.07 Å². The molecule has 3 aromatic carbocycles. The summed E-state index contributed by atoms with van der Waals surface area (Å²) in [6.07, 6.45) is 0. The van der Waals surface area contributed by atoms with E-state index in [4.69, 9.17) is 11.6 Å². The van der Waals surface area contributed by atoms with Gasteiger partial charge in [-0.3, -0.25) is 0 Å². The molecule has 0 aliphatic rings. The van der Waals surface area contributed by atoms with Crippen molar-refractivity contribution in [2.75, 3.05) is 5.32 Å². The highest BCUT2D eigenvalue weighted by molar-refractivity contribution is 8.04. The minimum absolute atomic E-state index is 0.0828. The zero-order chi connectivity index (χ0) is 22.4. The fourth-order valence-corrected chi connectivity index (χ4v) is 5.62. The normalized spacial score (nSPS) is 12.1. The molecule has 0 saturated heterocycles. The number of halogens is 1. The van der Waals surface area contributed by atoms with E-state index in [9.17, 15) is 13.7 Å². The van der Waals surface area contributed by atoms with E-state index >= 15 is 0 Å². The summed E-state index contributed by atoms with van der Waals surface area (Å²) in [5, 5.41) is 14.0. The molecule has 1 N–H and O–H groups in total. The number of para-hydroxylation sites is 1. The smallest absolute Gasteiger partial charge is 0.219 e. The van der Waals surface area contributed by atoms with Gasteiger partial charge in [0.05, 0.1) is 4.90 Å². The van der Waals surface area contributed by atoms with Crippen molar-refractivity contribution >= 4 is 38.9 Å². The van der Waals surface area contributed by atoms with E-state index in [1.165, 1.54) is 23.9 Å². The van der Waals surface area contributed by atoms with Crippen LogP contribution in [0.5, 0.6) is 0 Å². The molecule has 3 rings (SSSR count). The SMILES string of the molecule is Cc1cccc(C)c1N/C(SCc1ccc(Cl)cc1)=C(/C#N)S(=O)(=O)c1ccccc1. The van der Waals surface area contributed by atoms with Crippen LogP contribution in [0.3, 0.4) is 0 Å². The third-order valence-electron chi connectivity index (χ3n) is 4.65. The Balaban J connectivity index is 2.08. The minimum atomic E-state index is -3.99. The number of thioether (sulfide) groups is 1. The van der Waals surface area contributed by atoms with Crippen LogP contribution < -0.4 is 5.32 Å². The van der Waals surface area contributed by atoms with Crippen molar-refractivity contribution in [2.45, 2.75) is 24.5 Å². The highest BCUT2D eigenvalue weighted by atomic mass is 35.5. The van der Waals surface area contributed by atoms with Crippen LogP contribution in [0.4, 0.5) is 5.69 Å². The number of hydrogen-bond donors (Lipinski definition) is 1. The third kappa shape index (κ3) is 5.50. The van der Waals surface area contributed by atoms with E-state index in [0.29, 0.717) is 15.8 Å². The Hall–Kier alpha value is -2.72. The number of allylic oxidation sites excluding steroid dienone is 1. The predicted octanol–water partition coefficient (Wildman–Crippen LogP) is 6.47. The van der Waals surface area contributed by atoms with E-state index in [2.05, 4.69) is 5.32 Å². The second-order valence-corrected chi connectivity index (χ2v) is 10.2. The summed E-state index contributed by atoms with van der Waals surface area (Å²) < 4.78 is 26.5. The number of sulfone groups is 1. The highest BCUT2D eigenvalue weighted by Gasteiger charge is 2.26. The first-order valence-electron chi connectivity index (χ1n) is 9.48. The van der Waals surface area contributed by atoms with Gasteiger partial charge in [-0.15, -0.1) is 11.8 Å². The maximum atomic E-state index is 13.3. The lowest BCUT2D eigenvalue weighted by Crippen LogP contribution is -2.11. The number of nitrogens with zero attached hydrogens (tertiary/aromatic N) is 1. The minimum Gasteiger partial charge on any atom is -0.348 e. The summed E-state index contributed by atoms with van der Waals surface area (Å²) in [6, 6.07) is 23.1. The van der Waals surface area contributed by atoms with E-state index in [1.54, 1.807) is 30.3 Å². The van der Waals surface area contributed by atoms with Crippen molar-refractivity contribution in [1.29, 1.82) is 5.26 Å². The van der Waals surface area contributed by atoms with Gasteiger partial charge >= 0.3 is 0 Å². The van der Waals surface area contributed by atoms with Gasteiger partial charge in [0.15, 0.2) is 4.91 Å². The van der Waals surface area contributed by atoms with Gasteiger partial charge in [0, 0.05) is 16.5 Å². The van der Waals surface area contributed by atoms with E-state index < -0.39 is 9.84 Å². The van der Waals surface area contributed by atoms with Crippen LogP contribution in [-0.4, -0.2) is 8.42 Å². The predicted molar refractivity (Wildman–Crippen MR) is 129 cm³/mol. The molecule has 0 unspecified atom stereocenters. The fourth-order valence-electron chi connectivity index (χ4n) is 2.97. The molecule has 31 heavy (non-hydrogen) atoms. The first-order chi connectivity index (χ1) is 14.8. The van der Waals surface area contributed by atoms with Gasteiger partial charge in [0.1, 0.15) is 11.1 Å². The average molecular weight is 469 g/mol. The van der Waals surface area contributed by atoms with Crippen molar-refractivity contribution in [1.82, 2.24) is 0 Å². The Morgan fingerprint density at radius 2 is 1.58 bits per heavy atom. The van der Waals surface area contributed by atoms with Gasteiger partial charge in [0.25, 0.3) is 0 Å². The quantitative estimate of drug-likeness (QED) is 0.402. The first-order valence-corrected chi connectivity index (χ1v) is 12.3. The van der Waals surface area contributed by atoms with Crippen LogP contribution in [0, 0.1) is 25.2 Å². The topological polar surface area (TPSA) is 70.0 Å². The average Bonchev–Trinajstić information content (AvgIpc) is 2.76. The molecule has 0 fully saturated rings. The van der Waals surface area contributed by atoms with E-state index in [1.807, 2.05) is 50.2 Å². The van der Waals surface area contributed by atoms with Gasteiger partial charge < -0.3 is 5.32 Å². The summed E-state index contributed by atoms with van der Waals surface area (Å²) in [4.78, 5) is -0.222. The van der Waals surface area contributed by atoms with Gasteiger partial charge in [-0.2, -0.15) is 5.26 Å². The van der Waals surface area contributed by atoms with Crippen LogP contribution in [0.1, 0.15) is 16.7 Å². The maximum absolute atomic E-state index is 13.3. The summed E-state index contributed by atoms with van der Waals surface area (Å²) in [6.45, 7) is 3.88. The Morgan fingerprint density at radius 3 is 2.16 bits per heavy atom. The largest absolute Gasteiger partial charge is 0.348 e. The number of benzene rings is 3. The molecule has 0 bridgehead atoms. The Morgan fingerprint density at radius 1 is 0.968 bits per heavy atom. The molecule has 0 atom stereocenters. The number of anilines is 1. The standard InChI is InChI=1S/C24H21ClN2O2S2/c1-17-7-6-8-18(2)23(17)27-24(30-16-19-11-13-20(25)14-12-19)22(15-26)31(28,29)21-9-4-3-5-10-21/h3-14,27H,16H2,1-2H3/b24-22+. The molecule has 0 aliphatic carbocycles. The number of aryl methyl sites for hydroxylation is 2. The molecule has 0 aromatic heterocycles. The van der Waals surface area contributed by atoms with Crippen molar-refractivity contribution in [3.05, 3.63) is 104 Å². The monoisotopic (exact) mass is 468 g/mol. The van der Waals surface area contributed by atoms with Crippen molar-refractivity contribution in [2.24, 2.45) is 0 Å². The summed E-state index contributed by atoms with van der Waals surface area (Å²) in [5.41, 5.74) is 3.67. The molecule has 0 saturated carbocycles. The Kier molecular flexibility index (Phi) is 7.45. The summed E-state index contributed by atoms with van der Waals surface area (Å²) >= 11 is 7.24. The zero-order valence-corrected chi connectivity index (χ0v) is 19.5. The van der Waals surface area contributed by atoms with E-state index in [0.717, 1.165) is 22.4 Å². The van der Waals surface area contributed by atoms with Crippen LogP contribution in [0.25, 0.3) is 0 Å². The van der Waals surface area contributed by atoms with Crippen LogP contribution >= 0.6 is 23.4 Å². The molecule has 0 heterocycles. The van der Waals surface area contributed by atoms with E-state index in [-0.39, 0.29) is 9.80 Å².